The lowest BCUT2D eigenvalue weighted by Gasteiger charge is -2.32. The third-order valence-corrected chi connectivity index (χ3v) is 6.90. The van der Waals surface area contributed by atoms with Crippen molar-refractivity contribution < 1.29 is 14.3 Å². The highest BCUT2D eigenvalue weighted by Gasteiger charge is 2.30. The van der Waals surface area contributed by atoms with Gasteiger partial charge < -0.3 is 15.0 Å². The number of nitrogens with one attached hydrogen (secondary N) is 1. The summed E-state index contributed by atoms with van der Waals surface area (Å²) in [4.78, 5) is 28.2. The van der Waals surface area contributed by atoms with Crippen LogP contribution in [0.2, 0.25) is 5.02 Å². The zero-order chi connectivity index (χ0) is 23.8. The van der Waals surface area contributed by atoms with Crippen molar-refractivity contribution in [3.63, 3.8) is 0 Å². The Morgan fingerprint density at radius 1 is 1.09 bits per heavy atom. The monoisotopic (exact) mass is 470 g/mol. The van der Waals surface area contributed by atoms with Crippen LogP contribution in [0.5, 0.6) is 5.75 Å². The zero-order valence-electron chi connectivity index (χ0n) is 19.9. The SMILES string of the molecule is CC[C@@H](C(=O)NC1CCCCC1)N(Cc1ccccc1)C(=O)COc1cc(C)c(Cl)c(C)c1. The van der Waals surface area contributed by atoms with Gasteiger partial charge in [0.1, 0.15) is 11.8 Å². The van der Waals surface area contributed by atoms with E-state index in [4.69, 9.17) is 16.3 Å². The molecule has 1 aliphatic carbocycles. The number of nitrogens with zero attached hydrogens (tertiary/aromatic N) is 1. The Morgan fingerprint density at radius 3 is 2.33 bits per heavy atom. The van der Waals surface area contributed by atoms with E-state index >= 15 is 0 Å². The number of halogens is 1. The second kappa shape index (κ2) is 12.1. The highest BCUT2D eigenvalue weighted by Crippen LogP contribution is 2.26. The van der Waals surface area contributed by atoms with Gasteiger partial charge >= 0.3 is 0 Å². The van der Waals surface area contributed by atoms with E-state index in [0.29, 0.717) is 23.7 Å². The van der Waals surface area contributed by atoms with Crippen molar-refractivity contribution in [3.05, 3.63) is 64.2 Å². The van der Waals surface area contributed by atoms with Crippen LogP contribution in [0.15, 0.2) is 42.5 Å². The molecule has 2 aromatic carbocycles. The molecule has 178 valence electrons. The fourth-order valence-electron chi connectivity index (χ4n) is 4.46. The van der Waals surface area contributed by atoms with Crippen LogP contribution in [0.4, 0.5) is 0 Å². The van der Waals surface area contributed by atoms with Crippen molar-refractivity contribution in [1.82, 2.24) is 10.2 Å². The summed E-state index contributed by atoms with van der Waals surface area (Å²) in [6.07, 6.45) is 6.06. The summed E-state index contributed by atoms with van der Waals surface area (Å²) in [5.41, 5.74) is 2.78. The molecular formula is C27H35ClN2O3. The third kappa shape index (κ3) is 6.97. The van der Waals surface area contributed by atoms with Crippen molar-refractivity contribution in [1.29, 1.82) is 0 Å². The van der Waals surface area contributed by atoms with Crippen LogP contribution in [-0.2, 0) is 16.1 Å². The molecule has 1 N–H and O–H groups in total. The second-order valence-corrected chi connectivity index (χ2v) is 9.31. The van der Waals surface area contributed by atoms with Gasteiger partial charge in [0.2, 0.25) is 5.91 Å². The number of aryl methyl sites for hydroxylation is 2. The van der Waals surface area contributed by atoms with Gasteiger partial charge in [-0.25, -0.2) is 0 Å². The number of benzene rings is 2. The lowest BCUT2D eigenvalue weighted by Crippen LogP contribution is -2.52. The van der Waals surface area contributed by atoms with Crippen LogP contribution >= 0.6 is 11.6 Å². The van der Waals surface area contributed by atoms with Gasteiger partial charge in [0.15, 0.2) is 6.61 Å². The van der Waals surface area contributed by atoms with Crippen molar-refractivity contribution in [3.8, 4) is 5.75 Å². The van der Waals surface area contributed by atoms with Crippen LogP contribution in [-0.4, -0.2) is 35.4 Å². The number of hydrogen-bond donors (Lipinski definition) is 1. The third-order valence-electron chi connectivity index (χ3n) is 6.31. The zero-order valence-corrected chi connectivity index (χ0v) is 20.7. The summed E-state index contributed by atoms with van der Waals surface area (Å²) in [7, 11) is 0. The summed E-state index contributed by atoms with van der Waals surface area (Å²) in [6.45, 7) is 5.99. The van der Waals surface area contributed by atoms with Crippen LogP contribution < -0.4 is 10.1 Å². The molecule has 0 spiro atoms. The second-order valence-electron chi connectivity index (χ2n) is 8.93. The molecule has 0 aliphatic heterocycles. The Morgan fingerprint density at radius 2 is 1.73 bits per heavy atom. The van der Waals surface area contributed by atoms with Crippen LogP contribution in [0.1, 0.15) is 62.1 Å². The van der Waals surface area contributed by atoms with Gasteiger partial charge in [0, 0.05) is 17.6 Å². The predicted molar refractivity (Wildman–Crippen MR) is 133 cm³/mol. The van der Waals surface area contributed by atoms with E-state index in [0.717, 1.165) is 42.4 Å². The summed E-state index contributed by atoms with van der Waals surface area (Å²) < 4.78 is 5.85. The fraction of sp³-hybridized carbons (Fsp3) is 0.481. The average molecular weight is 471 g/mol. The maximum atomic E-state index is 13.3. The smallest absolute Gasteiger partial charge is 0.261 e. The molecule has 0 bridgehead atoms. The maximum absolute atomic E-state index is 13.3. The van der Waals surface area contributed by atoms with Crippen LogP contribution in [0.25, 0.3) is 0 Å². The number of carbonyl (C=O) groups is 2. The lowest BCUT2D eigenvalue weighted by molar-refractivity contribution is -0.143. The van der Waals surface area contributed by atoms with E-state index in [-0.39, 0.29) is 24.5 Å². The number of carbonyl (C=O) groups excluding carboxylic acids is 2. The predicted octanol–water partition coefficient (Wildman–Crippen LogP) is 5.59. The number of ether oxygens (including phenoxy) is 1. The molecule has 2 amide bonds. The van der Waals surface area contributed by atoms with E-state index in [1.807, 2.05) is 63.2 Å². The van der Waals surface area contributed by atoms with Gasteiger partial charge in [-0.3, -0.25) is 9.59 Å². The molecule has 0 unspecified atom stereocenters. The normalized spacial score (nSPS) is 15.0. The van der Waals surface area contributed by atoms with Crippen molar-refractivity contribution in [2.45, 2.75) is 77.9 Å². The van der Waals surface area contributed by atoms with Gasteiger partial charge in [-0.05, 0) is 61.9 Å². The highest BCUT2D eigenvalue weighted by molar-refractivity contribution is 6.32. The molecule has 1 aliphatic rings. The van der Waals surface area contributed by atoms with E-state index < -0.39 is 6.04 Å². The van der Waals surface area contributed by atoms with Crippen LogP contribution in [0, 0.1) is 13.8 Å². The van der Waals surface area contributed by atoms with Gasteiger partial charge in [0.05, 0.1) is 0 Å². The molecule has 1 saturated carbocycles. The Hall–Kier alpha value is -2.53. The minimum Gasteiger partial charge on any atom is -0.484 e. The van der Waals surface area contributed by atoms with Crippen molar-refractivity contribution in [2.24, 2.45) is 0 Å². The van der Waals surface area contributed by atoms with E-state index in [2.05, 4.69) is 5.32 Å². The number of hydrogen-bond acceptors (Lipinski definition) is 3. The van der Waals surface area contributed by atoms with E-state index in [1.165, 1.54) is 6.42 Å². The quantitative estimate of drug-likeness (QED) is 0.519. The van der Waals surface area contributed by atoms with Crippen molar-refractivity contribution >= 4 is 23.4 Å². The molecule has 1 atom stereocenters. The lowest BCUT2D eigenvalue weighted by atomic mass is 9.95. The minimum atomic E-state index is -0.545. The van der Waals surface area contributed by atoms with Crippen LogP contribution in [0.3, 0.4) is 0 Å². The molecule has 2 aromatic rings. The fourth-order valence-corrected chi connectivity index (χ4v) is 4.57. The average Bonchev–Trinajstić information content (AvgIpc) is 2.82. The van der Waals surface area contributed by atoms with Gasteiger partial charge in [-0.2, -0.15) is 0 Å². The molecule has 0 aromatic heterocycles. The van der Waals surface area contributed by atoms with Gasteiger partial charge in [0.25, 0.3) is 5.91 Å². The van der Waals surface area contributed by atoms with Crippen molar-refractivity contribution in [2.75, 3.05) is 6.61 Å². The van der Waals surface area contributed by atoms with E-state index in [1.54, 1.807) is 4.90 Å². The summed E-state index contributed by atoms with van der Waals surface area (Å²) >= 11 is 6.25. The first-order valence-corrected chi connectivity index (χ1v) is 12.3. The first-order valence-electron chi connectivity index (χ1n) is 11.9. The molecule has 1 fully saturated rings. The minimum absolute atomic E-state index is 0.0770. The largest absolute Gasteiger partial charge is 0.484 e. The first-order chi connectivity index (χ1) is 15.9. The molecule has 3 rings (SSSR count). The number of amides is 2. The Bertz CT molecular complexity index is 919. The first kappa shape index (κ1) is 25.1. The highest BCUT2D eigenvalue weighted by atomic mass is 35.5. The topological polar surface area (TPSA) is 58.6 Å². The van der Waals surface area contributed by atoms with E-state index in [9.17, 15) is 9.59 Å². The Balaban J connectivity index is 1.75. The Labute approximate surface area is 202 Å². The summed E-state index contributed by atoms with van der Waals surface area (Å²) in [5.74, 6) is 0.309. The van der Waals surface area contributed by atoms with Gasteiger partial charge in [-0.1, -0.05) is 68.1 Å². The molecular weight excluding hydrogens is 436 g/mol. The summed E-state index contributed by atoms with van der Waals surface area (Å²) in [5, 5.41) is 3.90. The molecule has 33 heavy (non-hydrogen) atoms. The maximum Gasteiger partial charge on any atom is 0.261 e. The number of rotatable bonds is 9. The molecule has 0 heterocycles. The molecule has 0 saturated heterocycles. The standard InChI is InChI=1S/C27H35ClN2O3/c1-4-24(27(32)29-22-13-9-6-10-14-22)30(17-21-11-7-5-8-12-21)25(31)18-33-23-15-19(2)26(28)20(3)16-23/h5,7-8,11-12,15-16,22,24H,4,6,9-10,13-14,17-18H2,1-3H3,(H,29,32)/t24-/m0/s1. The molecule has 6 heteroatoms. The molecule has 0 radical (unpaired) electrons. The molecule has 5 nitrogen and oxygen atoms in total. The Kier molecular flexibility index (Phi) is 9.19. The van der Waals surface area contributed by atoms with Gasteiger partial charge in [-0.15, -0.1) is 0 Å². The summed E-state index contributed by atoms with van der Waals surface area (Å²) in [6, 6.07) is 13.1.